The highest BCUT2D eigenvalue weighted by Gasteiger charge is 2.21. The summed E-state index contributed by atoms with van der Waals surface area (Å²) in [5, 5.41) is 15.2. The molecule has 0 aliphatic heterocycles. The average Bonchev–Trinajstić information content (AvgIpc) is 2.79. The molecule has 96 valence electrons. The van der Waals surface area contributed by atoms with E-state index in [1.807, 2.05) is 37.4 Å². The third kappa shape index (κ3) is 2.41. The summed E-state index contributed by atoms with van der Waals surface area (Å²) in [4.78, 5) is 1.05. The molecular formula is C13H15ClN2OS. The number of hydrogen-bond acceptors (Lipinski definition) is 3. The summed E-state index contributed by atoms with van der Waals surface area (Å²) in [6.07, 6.45) is 2.82. The van der Waals surface area contributed by atoms with Crippen molar-refractivity contribution in [2.75, 3.05) is 6.26 Å². The van der Waals surface area contributed by atoms with Crippen molar-refractivity contribution < 1.29 is 5.11 Å². The number of aromatic nitrogens is 2. The van der Waals surface area contributed by atoms with Crippen LogP contribution in [-0.4, -0.2) is 21.1 Å². The lowest BCUT2D eigenvalue weighted by Crippen LogP contribution is -2.10. The van der Waals surface area contributed by atoms with Crippen molar-refractivity contribution in [3.63, 3.8) is 0 Å². The Balaban J connectivity index is 2.47. The zero-order valence-corrected chi connectivity index (χ0v) is 11.9. The van der Waals surface area contributed by atoms with Gasteiger partial charge in [0.25, 0.3) is 0 Å². The Bertz CT molecular complexity index is 542. The van der Waals surface area contributed by atoms with Crippen LogP contribution in [0.5, 0.6) is 0 Å². The Kier molecular flexibility index (Phi) is 4.32. The van der Waals surface area contributed by atoms with Crippen molar-refractivity contribution in [1.82, 2.24) is 9.78 Å². The number of aliphatic hydroxyl groups excluding tert-OH is 1. The van der Waals surface area contributed by atoms with Gasteiger partial charge in [0.1, 0.15) is 6.10 Å². The van der Waals surface area contributed by atoms with E-state index in [0.29, 0.717) is 17.3 Å². The molecule has 2 rings (SSSR count). The average molecular weight is 283 g/mol. The first kappa shape index (κ1) is 13.5. The van der Waals surface area contributed by atoms with Gasteiger partial charge in [-0.05, 0) is 19.2 Å². The second kappa shape index (κ2) is 5.78. The molecule has 0 aliphatic rings. The number of aliphatic hydroxyl groups is 1. The number of hydrogen-bond donors (Lipinski definition) is 1. The Labute approximate surface area is 116 Å². The van der Waals surface area contributed by atoms with Gasteiger partial charge in [-0.25, -0.2) is 0 Å². The molecular weight excluding hydrogens is 268 g/mol. The third-order valence-corrected chi connectivity index (χ3v) is 3.93. The summed E-state index contributed by atoms with van der Waals surface area (Å²) in [6.45, 7) is 2.65. The van der Waals surface area contributed by atoms with Crippen LogP contribution in [-0.2, 0) is 6.54 Å². The predicted octanol–water partition coefficient (Wildman–Crippen LogP) is 3.36. The van der Waals surface area contributed by atoms with Gasteiger partial charge in [-0.1, -0.05) is 29.8 Å². The van der Waals surface area contributed by atoms with Crippen LogP contribution >= 0.6 is 23.4 Å². The number of rotatable bonds is 4. The highest BCUT2D eigenvalue weighted by molar-refractivity contribution is 7.98. The molecule has 0 amide bonds. The van der Waals surface area contributed by atoms with Crippen molar-refractivity contribution in [3.8, 4) is 0 Å². The van der Waals surface area contributed by atoms with E-state index in [-0.39, 0.29) is 0 Å². The molecule has 1 atom stereocenters. The van der Waals surface area contributed by atoms with Crippen LogP contribution in [0.1, 0.15) is 24.3 Å². The molecule has 0 radical (unpaired) electrons. The molecule has 0 spiro atoms. The fourth-order valence-electron chi connectivity index (χ4n) is 1.94. The third-order valence-electron chi connectivity index (χ3n) is 2.83. The van der Waals surface area contributed by atoms with Crippen LogP contribution in [0.4, 0.5) is 0 Å². The number of thioether (sulfide) groups is 1. The maximum absolute atomic E-state index is 10.5. The van der Waals surface area contributed by atoms with Gasteiger partial charge in [-0.2, -0.15) is 5.10 Å². The molecule has 18 heavy (non-hydrogen) atoms. The zero-order valence-electron chi connectivity index (χ0n) is 10.3. The lowest BCUT2D eigenvalue weighted by atomic mass is 10.1. The standard InChI is InChI=1S/C13H15ClN2OS/c1-3-16-12(10(14)8-15-16)13(17)9-6-4-5-7-11(9)18-2/h4-8,13,17H,3H2,1-2H3. The quantitative estimate of drug-likeness (QED) is 0.874. The molecule has 1 N–H and O–H groups in total. The number of halogens is 1. The van der Waals surface area contributed by atoms with Crippen molar-refractivity contribution in [2.45, 2.75) is 24.5 Å². The molecule has 0 aliphatic carbocycles. The smallest absolute Gasteiger partial charge is 0.123 e. The molecule has 1 heterocycles. The van der Waals surface area contributed by atoms with E-state index < -0.39 is 6.10 Å². The van der Waals surface area contributed by atoms with Gasteiger partial charge in [-0.3, -0.25) is 4.68 Å². The molecule has 0 saturated heterocycles. The lowest BCUT2D eigenvalue weighted by molar-refractivity contribution is 0.205. The van der Waals surface area contributed by atoms with Crippen LogP contribution in [0.2, 0.25) is 5.02 Å². The molecule has 1 unspecified atom stereocenters. The molecule has 0 fully saturated rings. The minimum atomic E-state index is -0.747. The van der Waals surface area contributed by atoms with Crippen LogP contribution in [0, 0.1) is 0 Å². The molecule has 5 heteroatoms. The molecule has 2 aromatic rings. The Morgan fingerprint density at radius 2 is 2.17 bits per heavy atom. The molecule has 1 aromatic heterocycles. The van der Waals surface area contributed by atoms with E-state index in [4.69, 9.17) is 11.6 Å². The minimum absolute atomic E-state index is 0.500. The van der Waals surface area contributed by atoms with Crippen molar-refractivity contribution >= 4 is 23.4 Å². The summed E-state index contributed by atoms with van der Waals surface area (Å²) in [6, 6.07) is 7.78. The van der Waals surface area contributed by atoms with Crippen LogP contribution in [0.25, 0.3) is 0 Å². The fourth-order valence-corrected chi connectivity index (χ4v) is 2.81. The van der Waals surface area contributed by atoms with Gasteiger partial charge in [0, 0.05) is 17.0 Å². The van der Waals surface area contributed by atoms with Crippen LogP contribution in [0.3, 0.4) is 0 Å². The molecule has 1 aromatic carbocycles. The minimum Gasteiger partial charge on any atom is -0.382 e. The highest BCUT2D eigenvalue weighted by atomic mass is 35.5. The largest absolute Gasteiger partial charge is 0.382 e. The first-order valence-corrected chi connectivity index (χ1v) is 7.31. The number of nitrogens with zero attached hydrogens (tertiary/aromatic N) is 2. The van der Waals surface area contributed by atoms with Crippen molar-refractivity contribution in [2.24, 2.45) is 0 Å². The van der Waals surface area contributed by atoms with Gasteiger partial charge < -0.3 is 5.11 Å². The van der Waals surface area contributed by atoms with Gasteiger partial charge in [0.05, 0.1) is 16.9 Å². The maximum Gasteiger partial charge on any atom is 0.123 e. The summed E-state index contributed by atoms with van der Waals surface area (Å²) in [7, 11) is 0. The summed E-state index contributed by atoms with van der Waals surface area (Å²) < 4.78 is 1.73. The number of aryl methyl sites for hydroxylation is 1. The van der Waals surface area contributed by atoms with Gasteiger partial charge in [-0.15, -0.1) is 11.8 Å². The Morgan fingerprint density at radius 1 is 1.44 bits per heavy atom. The summed E-state index contributed by atoms with van der Waals surface area (Å²) in [5.74, 6) is 0. The van der Waals surface area contributed by atoms with E-state index in [2.05, 4.69) is 5.10 Å². The second-order valence-electron chi connectivity index (χ2n) is 3.84. The number of benzene rings is 1. The lowest BCUT2D eigenvalue weighted by Gasteiger charge is -2.16. The SMILES string of the molecule is CCn1ncc(Cl)c1C(O)c1ccccc1SC. The maximum atomic E-state index is 10.5. The summed E-state index contributed by atoms with van der Waals surface area (Å²) >= 11 is 7.72. The van der Waals surface area contributed by atoms with E-state index in [0.717, 1.165) is 10.5 Å². The molecule has 0 saturated carbocycles. The van der Waals surface area contributed by atoms with Gasteiger partial charge in [0.2, 0.25) is 0 Å². The Morgan fingerprint density at radius 3 is 2.83 bits per heavy atom. The normalized spacial score (nSPS) is 12.7. The first-order chi connectivity index (χ1) is 8.69. The second-order valence-corrected chi connectivity index (χ2v) is 5.09. The predicted molar refractivity (Wildman–Crippen MR) is 75.2 cm³/mol. The monoisotopic (exact) mass is 282 g/mol. The molecule has 3 nitrogen and oxygen atoms in total. The van der Waals surface area contributed by atoms with E-state index in [1.165, 1.54) is 0 Å². The van der Waals surface area contributed by atoms with E-state index >= 15 is 0 Å². The van der Waals surface area contributed by atoms with Crippen molar-refractivity contribution in [1.29, 1.82) is 0 Å². The topological polar surface area (TPSA) is 38.0 Å². The highest BCUT2D eigenvalue weighted by Crippen LogP contribution is 2.33. The molecule has 0 bridgehead atoms. The van der Waals surface area contributed by atoms with E-state index in [9.17, 15) is 5.11 Å². The van der Waals surface area contributed by atoms with Crippen molar-refractivity contribution in [3.05, 3.63) is 46.7 Å². The van der Waals surface area contributed by atoms with Gasteiger partial charge in [0.15, 0.2) is 0 Å². The fraction of sp³-hybridized carbons (Fsp3) is 0.308. The van der Waals surface area contributed by atoms with Crippen LogP contribution in [0.15, 0.2) is 35.4 Å². The van der Waals surface area contributed by atoms with Crippen LogP contribution < -0.4 is 0 Å². The summed E-state index contributed by atoms with van der Waals surface area (Å²) in [5.41, 5.74) is 1.52. The van der Waals surface area contributed by atoms with Gasteiger partial charge >= 0.3 is 0 Å². The Hall–Kier alpha value is -0.970. The zero-order chi connectivity index (χ0) is 13.1. The van der Waals surface area contributed by atoms with E-state index in [1.54, 1.807) is 22.6 Å². The first-order valence-electron chi connectivity index (χ1n) is 5.71.